The van der Waals surface area contributed by atoms with Crippen LogP contribution in [0.25, 0.3) is 10.2 Å². The van der Waals surface area contributed by atoms with Gasteiger partial charge in [0.15, 0.2) is 0 Å². The van der Waals surface area contributed by atoms with Gasteiger partial charge in [-0.2, -0.15) is 0 Å². The van der Waals surface area contributed by atoms with Crippen LogP contribution in [0.15, 0.2) is 42.5 Å². The van der Waals surface area contributed by atoms with Crippen LogP contribution in [0, 0.1) is 5.92 Å². The third kappa shape index (κ3) is 4.42. The van der Waals surface area contributed by atoms with Gasteiger partial charge >= 0.3 is 0 Å². The third-order valence-corrected chi connectivity index (χ3v) is 9.40. The second kappa shape index (κ2) is 9.45. The number of aromatic nitrogens is 1. The molecule has 2 atom stereocenters. The van der Waals surface area contributed by atoms with Gasteiger partial charge in [-0.3, -0.25) is 9.59 Å². The Morgan fingerprint density at radius 3 is 2.57 bits per heavy atom. The van der Waals surface area contributed by atoms with E-state index >= 15 is 0 Å². The second-order valence-corrected chi connectivity index (χ2v) is 12.0. The fourth-order valence-corrected chi connectivity index (χ4v) is 6.80. The lowest BCUT2D eigenvalue weighted by Crippen LogP contribution is -2.65. The second-order valence-electron chi connectivity index (χ2n) is 10.9. The Morgan fingerprint density at radius 2 is 1.89 bits per heavy atom. The predicted octanol–water partition coefficient (Wildman–Crippen LogP) is 5.98. The minimum absolute atomic E-state index is 0.0240. The Balaban J connectivity index is 1.50. The van der Waals surface area contributed by atoms with Crippen LogP contribution >= 0.6 is 11.3 Å². The molecule has 1 N–H and O–H groups in total. The monoisotopic (exact) mass is 491 g/mol. The number of hydrogen-bond donors (Lipinski definition) is 1. The standard InChI is InChI=1S/C29H37N3O2S/c1-5-23-15-24-26(35-23)16-25-27(33)32(17-20(3)21-9-7-6-8-10-21)29(4,18-31(24)25)28(34)30-22-13-11-19(2)12-14-22/h6-10,15-16,19-20,22H,5,11-14,17-18H2,1-4H3,(H,30,34)/t19?,20-,22?,29-/m0/s1. The third-order valence-electron chi connectivity index (χ3n) is 8.18. The van der Waals surface area contributed by atoms with E-state index in [1.807, 2.05) is 36.1 Å². The van der Waals surface area contributed by atoms with Crippen molar-refractivity contribution in [2.45, 2.75) is 83.8 Å². The van der Waals surface area contributed by atoms with Crippen LogP contribution < -0.4 is 5.32 Å². The number of carbonyl (C=O) groups excluding carboxylic acids is 2. The van der Waals surface area contributed by atoms with Crippen molar-refractivity contribution in [2.24, 2.45) is 5.92 Å². The van der Waals surface area contributed by atoms with Crippen molar-refractivity contribution in [1.82, 2.24) is 14.8 Å². The van der Waals surface area contributed by atoms with Gasteiger partial charge in [-0.05, 0) is 68.6 Å². The number of thiophene rings is 1. The quantitative estimate of drug-likeness (QED) is 0.461. The Labute approximate surface area is 212 Å². The molecule has 3 aromatic rings. The van der Waals surface area contributed by atoms with Crippen molar-refractivity contribution in [2.75, 3.05) is 6.54 Å². The molecule has 0 spiro atoms. The van der Waals surface area contributed by atoms with Gasteiger partial charge in [0.25, 0.3) is 5.91 Å². The van der Waals surface area contributed by atoms with Gasteiger partial charge in [-0.25, -0.2) is 0 Å². The maximum atomic E-state index is 14.0. The number of nitrogens with one attached hydrogen (secondary N) is 1. The molecule has 1 aliphatic heterocycles. The smallest absolute Gasteiger partial charge is 0.271 e. The number of carbonyl (C=O) groups is 2. The molecule has 2 amide bonds. The SMILES string of the molecule is CCc1cc2c(cc3n2C[C@@](C)(C(=O)NC2CCC(C)CC2)N(C[C@H](C)c2ccccc2)C3=O)s1. The molecule has 35 heavy (non-hydrogen) atoms. The molecule has 1 aliphatic carbocycles. The fraction of sp³-hybridized carbons (Fsp3) is 0.517. The molecule has 2 aromatic heterocycles. The maximum Gasteiger partial charge on any atom is 0.271 e. The summed E-state index contributed by atoms with van der Waals surface area (Å²) in [7, 11) is 0. The Bertz CT molecular complexity index is 1220. The van der Waals surface area contributed by atoms with Crippen LogP contribution in [-0.2, 0) is 17.8 Å². The summed E-state index contributed by atoms with van der Waals surface area (Å²) in [6.45, 7) is 9.54. The molecule has 6 heteroatoms. The minimum Gasteiger partial charge on any atom is -0.351 e. The highest BCUT2D eigenvalue weighted by Crippen LogP contribution is 2.37. The van der Waals surface area contributed by atoms with E-state index in [1.54, 1.807) is 11.3 Å². The number of amides is 2. The molecule has 2 aliphatic rings. The van der Waals surface area contributed by atoms with Crippen LogP contribution in [0.2, 0.25) is 0 Å². The molecular formula is C29H37N3O2S. The summed E-state index contributed by atoms with van der Waals surface area (Å²) < 4.78 is 3.23. The molecule has 3 heterocycles. The van der Waals surface area contributed by atoms with Gasteiger partial charge in [0.2, 0.25) is 5.91 Å². The number of nitrogens with zero attached hydrogens (tertiary/aromatic N) is 2. The van der Waals surface area contributed by atoms with Crippen molar-refractivity contribution in [3.63, 3.8) is 0 Å². The summed E-state index contributed by atoms with van der Waals surface area (Å²) in [6.07, 6.45) is 5.29. The van der Waals surface area contributed by atoms with Crippen molar-refractivity contribution in [3.05, 3.63) is 58.6 Å². The zero-order valence-corrected chi connectivity index (χ0v) is 22.2. The van der Waals surface area contributed by atoms with Gasteiger partial charge in [0, 0.05) is 17.5 Å². The highest BCUT2D eigenvalue weighted by atomic mass is 32.1. The molecule has 1 fully saturated rings. The van der Waals surface area contributed by atoms with Crippen molar-refractivity contribution >= 4 is 33.4 Å². The van der Waals surface area contributed by atoms with Crippen LogP contribution in [-0.4, -0.2) is 39.4 Å². The van der Waals surface area contributed by atoms with Gasteiger partial charge < -0.3 is 14.8 Å². The highest BCUT2D eigenvalue weighted by molar-refractivity contribution is 7.19. The molecule has 5 nitrogen and oxygen atoms in total. The predicted molar refractivity (Wildman–Crippen MR) is 143 cm³/mol. The summed E-state index contributed by atoms with van der Waals surface area (Å²) in [5.41, 5.74) is 2.01. The van der Waals surface area contributed by atoms with E-state index in [9.17, 15) is 9.59 Å². The minimum atomic E-state index is -0.948. The molecule has 0 bridgehead atoms. The lowest BCUT2D eigenvalue weighted by molar-refractivity contribution is -0.134. The molecule has 5 rings (SSSR count). The van der Waals surface area contributed by atoms with Gasteiger partial charge in [-0.1, -0.05) is 51.1 Å². The zero-order valence-electron chi connectivity index (χ0n) is 21.3. The van der Waals surface area contributed by atoms with Gasteiger partial charge in [0.1, 0.15) is 11.2 Å². The molecule has 1 aromatic carbocycles. The van der Waals surface area contributed by atoms with Crippen molar-refractivity contribution in [3.8, 4) is 0 Å². The Kier molecular flexibility index (Phi) is 6.51. The molecule has 0 saturated heterocycles. The lowest BCUT2D eigenvalue weighted by Gasteiger charge is -2.46. The molecule has 0 unspecified atom stereocenters. The summed E-state index contributed by atoms with van der Waals surface area (Å²) in [4.78, 5) is 31.1. The van der Waals surface area contributed by atoms with Crippen LogP contribution in [0.5, 0.6) is 0 Å². The molecule has 1 saturated carbocycles. The average Bonchev–Trinajstić information content (AvgIpc) is 3.42. The number of aryl methyl sites for hydroxylation is 1. The first kappa shape index (κ1) is 24.1. The van der Waals surface area contributed by atoms with E-state index < -0.39 is 5.54 Å². The first-order valence-electron chi connectivity index (χ1n) is 13.1. The van der Waals surface area contributed by atoms with Crippen LogP contribution in [0.4, 0.5) is 0 Å². The van der Waals surface area contributed by atoms with Gasteiger partial charge in [-0.15, -0.1) is 11.3 Å². The lowest BCUT2D eigenvalue weighted by atomic mass is 9.86. The Morgan fingerprint density at radius 1 is 1.17 bits per heavy atom. The summed E-state index contributed by atoms with van der Waals surface area (Å²) in [5, 5.41) is 3.36. The molecule has 186 valence electrons. The van der Waals surface area contributed by atoms with E-state index in [2.05, 4.69) is 48.9 Å². The summed E-state index contributed by atoms with van der Waals surface area (Å²) >= 11 is 1.75. The average molecular weight is 492 g/mol. The molecular weight excluding hydrogens is 454 g/mol. The zero-order chi connectivity index (χ0) is 24.7. The number of benzene rings is 1. The van der Waals surface area contributed by atoms with Crippen LogP contribution in [0.1, 0.15) is 80.2 Å². The van der Waals surface area contributed by atoms with Crippen LogP contribution in [0.3, 0.4) is 0 Å². The van der Waals surface area contributed by atoms with Gasteiger partial charge in [0.05, 0.1) is 16.8 Å². The van der Waals surface area contributed by atoms with Crippen molar-refractivity contribution < 1.29 is 9.59 Å². The number of fused-ring (bicyclic) bond motifs is 3. The largest absolute Gasteiger partial charge is 0.351 e. The topological polar surface area (TPSA) is 54.3 Å². The summed E-state index contributed by atoms with van der Waals surface area (Å²) in [6, 6.07) is 14.7. The van der Waals surface area contributed by atoms with E-state index in [0.717, 1.165) is 48.2 Å². The van der Waals surface area contributed by atoms with Crippen molar-refractivity contribution in [1.29, 1.82) is 0 Å². The Hall–Kier alpha value is -2.60. The van der Waals surface area contributed by atoms with E-state index in [1.165, 1.54) is 10.4 Å². The normalized spacial score (nSPS) is 25.5. The summed E-state index contributed by atoms with van der Waals surface area (Å²) in [5.74, 6) is 0.775. The maximum absolute atomic E-state index is 14.0. The highest BCUT2D eigenvalue weighted by Gasteiger charge is 2.48. The van der Waals surface area contributed by atoms with E-state index in [4.69, 9.17) is 0 Å². The first-order valence-corrected chi connectivity index (χ1v) is 13.9. The van der Waals surface area contributed by atoms with E-state index in [0.29, 0.717) is 18.8 Å². The first-order chi connectivity index (χ1) is 16.8. The number of hydrogen-bond acceptors (Lipinski definition) is 3. The van der Waals surface area contributed by atoms with E-state index in [-0.39, 0.29) is 23.8 Å². The number of rotatable bonds is 6. The fourth-order valence-electron chi connectivity index (χ4n) is 5.76. The molecule has 0 radical (unpaired) electrons.